The van der Waals surface area contributed by atoms with E-state index in [2.05, 4.69) is 25.1 Å². The second-order valence-corrected chi connectivity index (χ2v) is 6.10. The van der Waals surface area contributed by atoms with E-state index in [0.29, 0.717) is 24.4 Å². The van der Waals surface area contributed by atoms with Crippen LogP contribution in [0, 0.1) is 6.92 Å². The lowest BCUT2D eigenvalue weighted by Gasteiger charge is -2.22. The van der Waals surface area contributed by atoms with Crippen molar-refractivity contribution in [3.63, 3.8) is 0 Å². The molecular formula is C17H18N6O2. The quantitative estimate of drug-likeness (QED) is 0.780. The lowest BCUT2D eigenvalue weighted by molar-refractivity contribution is 0.0686. The zero-order chi connectivity index (χ0) is 17.4. The van der Waals surface area contributed by atoms with Gasteiger partial charge in [-0.3, -0.25) is 19.9 Å². The predicted molar refractivity (Wildman–Crippen MR) is 89.8 cm³/mol. The zero-order valence-corrected chi connectivity index (χ0v) is 14.0. The third-order valence-electron chi connectivity index (χ3n) is 4.54. The molecule has 2 atom stereocenters. The summed E-state index contributed by atoms with van der Waals surface area (Å²) in [6.45, 7) is 2.34. The van der Waals surface area contributed by atoms with E-state index in [1.165, 1.54) is 0 Å². The maximum atomic E-state index is 13.3. The molecule has 0 spiro atoms. The van der Waals surface area contributed by atoms with Crippen LogP contribution in [-0.4, -0.2) is 55.7 Å². The van der Waals surface area contributed by atoms with Gasteiger partial charge < -0.3 is 9.64 Å². The lowest BCUT2D eigenvalue weighted by atomic mass is 10.1. The molecule has 4 rings (SSSR count). The Morgan fingerprint density at radius 1 is 1.36 bits per heavy atom. The van der Waals surface area contributed by atoms with E-state index in [1.807, 2.05) is 6.92 Å². The fraction of sp³-hybridized carbons (Fsp3) is 0.353. The lowest BCUT2D eigenvalue weighted by Crippen LogP contribution is -2.32. The number of aryl methyl sites for hydroxylation is 1. The third-order valence-corrected chi connectivity index (χ3v) is 4.54. The molecule has 1 aliphatic heterocycles. The second-order valence-electron chi connectivity index (χ2n) is 6.10. The number of ether oxygens (including phenoxy) is 1. The number of likely N-dealkylation sites (tertiary alicyclic amines) is 1. The van der Waals surface area contributed by atoms with Crippen LogP contribution in [0.5, 0.6) is 0 Å². The summed E-state index contributed by atoms with van der Waals surface area (Å²) in [5.41, 5.74) is 1.32. The van der Waals surface area contributed by atoms with Crippen LogP contribution in [0.4, 0.5) is 0 Å². The first-order valence-corrected chi connectivity index (χ1v) is 8.08. The average molecular weight is 338 g/mol. The van der Waals surface area contributed by atoms with Crippen molar-refractivity contribution >= 4 is 16.8 Å². The third kappa shape index (κ3) is 2.74. The van der Waals surface area contributed by atoms with Gasteiger partial charge in [0, 0.05) is 44.1 Å². The van der Waals surface area contributed by atoms with Crippen LogP contribution in [0.25, 0.3) is 10.9 Å². The van der Waals surface area contributed by atoms with E-state index in [1.54, 1.807) is 42.7 Å². The molecule has 0 aromatic carbocycles. The van der Waals surface area contributed by atoms with Crippen molar-refractivity contribution in [1.82, 2.24) is 30.0 Å². The van der Waals surface area contributed by atoms with E-state index in [4.69, 9.17) is 4.74 Å². The molecule has 1 aliphatic rings. The van der Waals surface area contributed by atoms with Gasteiger partial charge in [0.15, 0.2) is 5.82 Å². The van der Waals surface area contributed by atoms with Crippen LogP contribution in [0.2, 0.25) is 0 Å². The SMILES string of the molecule is CO[C@@H]1C[C@@H](c2n[nH]c(C)n2)N(C(=O)c2ccnc3ccncc23)C1. The van der Waals surface area contributed by atoms with Crippen molar-refractivity contribution in [2.45, 2.75) is 25.5 Å². The number of carbonyl (C=O) groups excluding carboxylic acids is 1. The molecule has 25 heavy (non-hydrogen) atoms. The van der Waals surface area contributed by atoms with Crippen LogP contribution in [0.1, 0.15) is 34.5 Å². The first kappa shape index (κ1) is 15.6. The van der Waals surface area contributed by atoms with Crippen LogP contribution < -0.4 is 0 Å². The van der Waals surface area contributed by atoms with Gasteiger partial charge in [0.2, 0.25) is 0 Å². The Kier molecular flexibility index (Phi) is 3.89. The van der Waals surface area contributed by atoms with Crippen LogP contribution in [0.3, 0.4) is 0 Å². The number of methoxy groups -OCH3 is 1. The number of rotatable bonds is 3. The molecule has 1 saturated heterocycles. The Balaban J connectivity index is 1.74. The van der Waals surface area contributed by atoms with Gasteiger partial charge in [-0.15, -0.1) is 0 Å². The highest BCUT2D eigenvalue weighted by molar-refractivity contribution is 6.05. The van der Waals surface area contributed by atoms with Gasteiger partial charge >= 0.3 is 0 Å². The summed E-state index contributed by atoms with van der Waals surface area (Å²) in [5, 5.41) is 7.83. The minimum absolute atomic E-state index is 0.0426. The highest BCUT2D eigenvalue weighted by Crippen LogP contribution is 2.33. The van der Waals surface area contributed by atoms with Crippen molar-refractivity contribution in [1.29, 1.82) is 0 Å². The molecule has 8 heteroatoms. The Morgan fingerprint density at radius 3 is 3.00 bits per heavy atom. The number of aromatic nitrogens is 5. The molecule has 128 valence electrons. The zero-order valence-electron chi connectivity index (χ0n) is 14.0. The largest absolute Gasteiger partial charge is 0.380 e. The van der Waals surface area contributed by atoms with E-state index in [-0.39, 0.29) is 18.1 Å². The van der Waals surface area contributed by atoms with Crippen LogP contribution in [0.15, 0.2) is 30.7 Å². The molecule has 0 radical (unpaired) electrons. The van der Waals surface area contributed by atoms with Gasteiger partial charge in [0.05, 0.1) is 23.2 Å². The van der Waals surface area contributed by atoms with E-state index in [9.17, 15) is 4.79 Å². The van der Waals surface area contributed by atoms with Gasteiger partial charge in [-0.05, 0) is 19.1 Å². The van der Waals surface area contributed by atoms with Gasteiger partial charge in [-0.1, -0.05) is 0 Å². The van der Waals surface area contributed by atoms with Crippen molar-refractivity contribution in [2.75, 3.05) is 13.7 Å². The Morgan fingerprint density at radius 2 is 2.24 bits per heavy atom. The summed E-state index contributed by atoms with van der Waals surface area (Å²) in [5.74, 6) is 1.25. The molecule has 1 fully saturated rings. The molecule has 0 saturated carbocycles. The maximum absolute atomic E-state index is 13.3. The van der Waals surface area contributed by atoms with Gasteiger partial charge in [-0.25, -0.2) is 4.98 Å². The molecule has 0 bridgehead atoms. The van der Waals surface area contributed by atoms with Gasteiger partial charge in [0.1, 0.15) is 5.82 Å². The number of nitrogens with zero attached hydrogens (tertiary/aromatic N) is 5. The smallest absolute Gasteiger partial charge is 0.255 e. The number of hydrogen-bond acceptors (Lipinski definition) is 6. The molecule has 8 nitrogen and oxygen atoms in total. The number of nitrogens with one attached hydrogen (secondary N) is 1. The number of H-pyrrole nitrogens is 1. The van der Waals surface area contributed by atoms with Gasteiger partial charge in [-0.2, -0.15) is 5.10 Å². The molecular weight excluding hydrogens is 320 g/mol. The fourth-order valence-electron chi connectivity index (χ4n) is 3.28. The number of aromatic amines is 1. The van der Waals surface area contributed by atoms with Crippen LogP contribution >= 0.6 is 0 Å². The molecule has 3 aromatic rings. The van der Waals surface area contributed by atoms with E-state index >= 15 is 0 Å². The molecule has 0 aliphatic carbocycles. The van der Waals surface area contributed by atoms with Crippen molar-refractivity contribution in [2.24, 2.45) is 0 Å². The summed E-state index contributed by atoms with van der Waals surface area (Å²) in [7, 11) is 1.66. The Labute approximate surface area is 144 Å². The topological polar surface area (TPSA) is 96.9 Å². The van der Waals surface area contributed by atoms with Crippen LogP contribution in [-0.2, 0) is 4.74 Å². The Hall–Kier alpha value is -2.87. The summed E-state index contributed by atoms with van der Waals surface area (Å²) in [6, 6.07) is 3.30. The monoisotopic (exact) mass is 338 g/mol. The normalized spacial score (nSPS) is 20.3. The number of pyridine rings is 2. The fourth-order valence-corrected chi connectivity index (χ4v) is 3.28. The van der Waals surface area contributed by atoms with Crippen molar-refractivity contribution in [3.8, 4) is 0 Å². The minimum Gasteiger partial charge on any atom is -0.380 e. The van der Waals surface area contributed by atoms with Crippen molar-refractivity contribution in [3.05, 3.63) is 47.9 Å². The number of fused-ring (bicyclic) bond motifs is 1. The summed E-state index contributed by atoms with van der Waals surface area (Å²) in [6.07, 6.45) is 5.61. The molecule has 1 N–H and O–H groups in total. The Bertz CT molecular complexity index is 919. The van der Waals surface area contributed by atoms with Gasteiger partial charge in [0.25, 0.3) is 5.91 Å². The predicted octanol–water partition coefficient (Wildman–Crippen LogP) is 1.66. The first-order valence-electron chi connectivity index (χ1n) is 8.08. The standard InChI is InChI=1S/C17H18N6O2/c1-10-20-16(22-21-10)15-7-11(25-2)9-23(15)17(24)12-3-6-19-14-4-5-18-8-13(12)14/h3-6,8,11,15H,7,9H2,1-2H3,(H,20,21,22)/t11-,15+/m1/s1. The molecule has 4 heterocycles. The number of amides is 1. The summed E-state index contributed by atoms with van der Waals surface area (Å²) < 4.78 is 5.49. The van der Waals surface area contributed by atoms with E-state index < -0.39 is 0 Å². The average Bonchev–Trinajstić information content (AvgIpc) is 3.26. The molecule has 0 unspecified atom stereocenters. The number of hydrogen-bond donors (Lipinski definition) is 1. The highest BCUT2D eigenvalue weighted by Gasteiger charge is 2.39. The van der Waals surface area contributed by atoms with Crippen molar-refractivity contribution < 1.29 is 9.53 Å². The molecule has 3 aromatic heterocycles. The first-order chi connectivity index (χ1) is 12.2. The molecule has 1 amide bonds. The number of carbonyl (C=O) groups is 1. The summed E-state index contributed by atoms with van der Waals surface area (Å²) >= 11 is 0. The second kappa shape index (κ2) is 6.21. The summed E-state index contributed by atoms with van der Waals surface area (Å²) in [4.78, 5) is 27.9. The minimum atomic E-state index is -0.220. The maximum Gasteiger partial charge on any atom is 0.255 e. The highest BCUT2D eigenvalue weighted by atomic mass is 16.5. The van der Waals surface area contributed by atoms with E-state index in [0.717, 1.165) is 16.7 Å².